The number of ether oxygens (including phenoxy) is 1. The molecule has 8 heteroatoms. The number of hydrogen-bond acceptors (Lipinski definition) is 7. The van der Waals surface area contributed by atoms with Crippen LogP contribution in [0.2, 0.25) is 0 Å². The maximum atomic E-state index is 10.5. The van der Waals surface area contributed by atoms with E-state index >= 15 is 0 Å². The van der Waals surface area contributed by atoms with Crippen molar-refractivity contribution in [2.45, 2.75) is 50.4 Å². The normalized spacial score (nSPS) is 27.4. The third-order valence-corrected chi connectivity index (χ3v) is 5.53. The zero-order valence-electron chi connectivity index (χ0n) is 16.1. The van der Waals surface area contributed by atoms with Crippen LogP contribution in [0.5, 0.6) is 0 Å². The smallest absolute Gasteiger partial charge is 0.114 e. The van der Waals surface area contributed by atoms with Gasteiger partial charge in [-0.2, -0.15) is 0 Å². The molecule has 2 aromatic carbocycles. The van der Waals surface area contributed by atoms with Crippen molar-refractivity contribution < 1.29 is 25.2 Å². The van der Waals surface area contributed by atoms with E-state index in [2.05, 4.69) is 29.4 Å². The zero-order chi connectivity index (χ0) is 20.5. The van der Waals surface area contributed by atoms with Crippen molar-refractivity contribution in [3.63, 3.8) is 0 Å². The van der Waals surface area contributed by atoms with Gasteiger partial charge in [-0.3, -0.25) is 0 Å². The average molecular weight is 399 g/mol. The Kier molecular flexibility index (Phi) is 5.62. The van der Waals surface area contributed by atoms with Gasteiger partial charge in [-0.15, -0.1) is 5.10 Å². The molecule has 1 saturated heterocycles. The maximum absolute atomic E-state index is 10.5. The van der Waals surface area contributed by atoms with Crippen LogP contribution in [0.3, 0.4) is 0 Å². The number of rotatable bonds is 5. The van der Waals surface area contributed by atoms with Crippen molar-refractivity contribution >= 4 is 11.0 Å². The van der Waals surface area contributed by atoms with Gasteiger partial charge in [-0.05, 0) is 23.6 Å². The van der Waals surface area contributed by atoms with Crippen molar-refractivity contribution in [2.75, 3.05) is 6.61 Å². The van der Waals surface area contributed by atoms with Crippen LogP contribution < -0.4 is 0 Å². The van der Waals surface area contributed by atoms with Crippen LogP contribution in [0, 0.1) is 0 Å². The molecule has 29 heavy (non-hydrogen) atoms. The molecule has 2 heterocycles. The Morgan fingerprint density at radius 3 is 2.38 bits per heavy atom. The first-order valence-electron chi connectivity index (χ1n) is 9.74. The monoisotopic (exact) mass is 399 g/mol. The molecule has 1 aromatic heterocycles. The second kappa shape index (κ2) is 8.17. The lowest BCUT2D eigenvalue weighted by molar-refractivity contribution is -0.231. The summed E-state index contributed by atoms with van der Waals surface area (Å²) in [5, 5.41) is 48.7. The lowest BCUT2D eigenvalue weighted by Crippen LogP contribution is -2.55. The number of hydrogen-bond donors (Lipinski definition) is 4. The van der Waals surface area contributed by atoms with Crippen molar-refractivity contribution in [1.82, 2.24) is 15.0 Å². The fourth-order valence-corrected chi connectivity index (χ4v) is 3.81. The summed E-state index contributed by atoms with van der Waals surface area (Å²) in [4.78, 5) is 0. The van der Waals surface area contributed by atoms with Crippen LogP contribution in [-0.2, 0) is 17.7 Å². The highest BCUT2D eigenvalue weighted by molar-refractivity contribution is 5.78. The first kappa shape index (κ1) is 19.9. The number of aromatic nitrogens is 3. The third kappa shape index (κ3) is 3.65. The number of fused-ring (bicyclic) bond motifs is 1. The number of para-hydroxylation sites is 1. The summed E-state index contributed by atoms with van der Waals surface area (Å²) in [5.41, 5.74) is 4.20. The molecule has 1 fully saturated rings. The van der Waals surface area contributed by atoms with E-state index in [-0.39, 0.29) is 0 Å². The SMILES string of the molecule is CCc1ccc(Cn2nnc3cccc([C@@H]4O[C@H](CO)[C@@H](O)[C@H](O)[C@H]4O)c32)cc1. The lowest BCUT2D eigenvalue weighted by Gasteiger charge is -2.40. The Labute approximate surface area is 168 Å². The fraction of sp³-hybridized carbons (Fsp3) is 0.429. The van der Waals surface area contributed by atoms with Crippen molar-refractivity contribution in [2.24, 2.45) is 0 Å². The van der Waals surface area contributed by atoms with Crippen LogP contribution >= 0.6 is 0 Å². The van der Waals surface area contributed by atoms with Crippen molar-refractivity contribution in [3.8, 4) is 0 Å². The largest absolute Gasteiger partial charge is 0.394 e. The molecule has 0 aliphatic carbocycles. The summed E-state index contributed by atoms with van der Waals surface area (Å²) in [5.74, 6) is 0. The molecular weight excluding hydrogens is 374 g/mol. The fourth-order valence-electron chi connectivity index (χ4n) is 3.81. The number of aliphatic hydroxyl groups excluding tert-OH is 4. The van der Waals surface area contributed by atoms with Gasteiger partial charge in [-0.25, -0.2) is 4.68 Å². The van der Waals surface area contributed by atoms with E-state index in [0.717, 1.165) is 12.0 Å². The molecule has 4 N–H and O–H groups in total. The second-order valence-corrected chi connectivity index (χ2v) is 7.38. The molecule has 0 saturated carbocycles. The Morgan fingerprint density at radius 2 is 1.69 bits per heavy atom. The minimum atomic E-state index is -1.44. The highest BCUT2D eigenvalue weighted by Gasteiger charge is 2.44. The van der Waals surface area contributed by atoms with E-state index in [0.29, 0.717) is 23.1 Å². The van der Waals surface area contributed by atoms with E-state index in [9.17, 15) is 20.4 Å². The molecule has 0 radical (unpaired) electrons. The van der Waals surface area contributed by atoms with E-state index in [1.807, 2.05) is 18.2 Å². The Hall–Kier alpha value is -2.36. The van der Waals surface area contributed by atoms with E-state index in [1.54, 1.807) is 16.8 Å². The molecule has 8 nitrogen and oxygen atoms in total. The number of benzene rings is 2. The third-order valence-electron chi connectivity index (χ3n) is 5.53. The predicted molar refractivity (Wildman–Crippen MR) is 105 cm³/mol. The maximum Gasteiger partial charge on any atom is 0.114 e. The van der Waals surface area contributed by atoms with Crippen LogP contribution in [0.1, 0.15) is 29.7 Å². The van der Waals surface area contributed by atoms with Gasteiger partial charge in [0, 0.05) is 5.56 Å². The number of aliphatic hydroxyl groups is 4. The molecule has 0 bridgehead atoms. The Bertz CT molecular complexity index is 972. The summed E-state index contributed by atoms with van der Waals surface area (Å²) in [6.07, 6.45) is -5.13. The van der Waals surface area contributed by atoms with Gasteiger partial charge in [0.1, 0.15) is 36.0 Å². The molecule has 4 rings (SSSR count). The predicted octanol–water partition coefficient (Wildman–Crippen LogP) is 0.557. The molecule has 0 amide bonds. The van der Waals surface area contributed by atoms with Crippen LogP contribution in [0.25, 0.3) is 11.0 Å². The first-order valence-corrected chi connectivity index (χ1v) is 9.74. The Morgan fingerprint density at radius 1 is 0.966 bits per heavy atom. The van der Waals surface area contributed by atoms with Gasteiger partial charge in [0.05, 0.1) is 18.7 Å². The summed E-state index contributed by atoms with van der Waals surface area (Å²) < 4.78 is 7.48. The topological polar surface area (TPSA) is 121 Å². The van der Waals surface area contributed by atoms with Crippen molar-refractivity contribution in [1.29, 1.82) is 0 Å². The molecule has 3 aromatic rings. The molecule has 0 spiro atoms. The van der Waals surface area contributed by atoms with Gasteiger partial charge in [-0.1, -0.05) is 48.5 Å². The second-order valence-electron chi connectivity index (χ2n) is 7.38. The zero-order valence-corrected chi connectivity index (χ0v) is 16.1. The molecule has 1 aliphatic heterocycles. The Balaban J connectivity index is 1.72. The quantitative estimate of drug-likeness (QED) is 0.495. The first-order chi connectivity index (χ1) is 14.0. The summed E-state index contributed by atoms with van der Waals surface area (Å²) in [7, 11) is 0. The summed E-state index contributed by atoms with van der Waals surface area (Å²) in [6, 6.07) is 13.6. The van der Waals surface area contributed by atoms with Gasteiger partial charge in [0.15, 0.2) is 0 Å². The van der Waals surface area contributed by atoms with Gasteiger partial charge < -0.3 is 25.2 Å². The van der Waals surface area contributed by atoms with E-state index < -0.39 is 37.1 Å². The minimum absolute atomic E-state index is 0.473. The highest BCUT2D eigenvalue weighted by Crippen LogP contribution is 2.35. The highest BCUT2D eigenvalue weighted by atomic mass is 16.5. The minimum Gasteiger partial charge on any atom is -0.394 e. The van der Waals surface area contributed by atoms with Gasteiger partial charge in [0.2, 0.25) is 0 Å². The van der Waals surface area contributed by atoms with Crippen LogP contribution in [0.15, 0.2) is 42.5 Å². The number of nitrogens with zero attached hydrogens (tertiary/aromatic N) is 3. The standard InChI is InChI=1S/C21H25N3O5/c1-2-12-6-8-13(9-7-12)10-24-17-14(4-3-5-15(17)22-23-24)21-20(28)19(27)18(26)16(11-25)29-21/h3-9,16,18-21,25-28H,2,10-11H2,1H3/t16-,18-,19+,20-,21+/m1/s1. The van der Waals surface area contributed by atoms with E-state index in [1.165, 1.54) is 5.56 Å². The number of aryl methyl sites for hydroxylation is 1. The average Bonchev–Trinajstić information content (AvgIpc) is 3.16. The van der Waals surface area contributed by atoms with E-state index in [4.69, 9.17) is 4.74 Å². The lowest BCUT2D eigenvalue weighted by atomic mass is 9.90. The summed E-state index contributed by atoms with van der Waals surface area (Å²) in [6.45, 7) is 2.11. The van der Waals surface area contributed by atoms with Crippen molar-refractivity contribution in [3.05, 3.63) is 59.2 Å². The van der Waals surface area contributed by atoms with Gasteiger partial charge in [0.25, 0.3) is 0 Å². The molecule has 5 atom stereocenters. The summed E-state index contributed by atoms with van der Waals surface area (Å²) >= 11 is 0. The molecular formula is C21H25N3O5. The van der Waals surface area contributed by atoms with Gasteiger partial charge >= 0.3 is 0 Å². The molecule has 0 unspecified atom stereocenters. The molecule has 1 aliphatic rings. The molecule has 154 valence electrons. The van der Waals surface area contributed by atoms with Crippen LogP contribution in [-0.4, -0.2) is 66.4 Å². The van der Waals surface area contributed by atoms with Crippen LogP contribution in [0.4, 0.5) is 0 Å².